The maximum Gasteiger partial charge on any atom is 0.153 e. The molecule has 0 aliphatic carbocycles. The van der Waals surface area contributed by atoms with Crippen LogP contribution in [-0.2, 0) is 0 Å². The molecule has 0 heterocycles. The van der Waals surface area contributed by atoms with Crippen LogP contribution < -0.4 is 4.74 Å². The molecule has 17 heavy (non-hydrogen) atoms. The predicted molar refractivity (Wildman–Crippen MR) is 78.8 cm³/mol. The van der Waals surface area contributed by atoms with Gasteiger partial charge in [-0.25, -0.2) is 0 Å². The van der Waals surface area contributed by atoms with Gasteiger partial charge in [-0.15, -0.1) is 0 Å². The molecule has 86 valence electrons. The smallest absolute Gasteiger partial charge is 0.153 e. The Morgan fingerprint density at radius 2 is 2.00 bits per heavy atom. The molecular weight excluding hydrogens is 395 g/mol. The van der Waals surface area contributed by atoms with Gasteiger partial charge in [-0.05, 0) is 59.0 Å². The number of rotatable bonds is 3. The Balaban J connectivity index is 2.32. The van der Waals surface area contributed by atoms with E-state index in [-0.39, 0.29) is 0 Å². The highest BCUT2D eigenvalue weighted by Gasteiger charge is 2.05. The lowest BCUT2D eigenvalue weighted by molar-refractivity contribution is 0.112. The highest BCUT2D eigenvalue weighted by molar-refractivity contribution is 14.1. The van der Waals surface area contributed by atoms with Crippen molar-refractivity contribution in [2.45, 2.75) is 0 Å². The molecule has 2 aromatic rings. The van der Waals surface area contributed by atoms with Crippen molar-refractivity contribution in [3.63, 3.8) is 0 Å². The molecule has 0 amide bonds. The van der Waals surface area contributed by atoms with Crippen LogP contribution in [0, 0.1) is 3.57 Å². The van der Waals surface area contributed by atoms with Crippen molar-refractivity contribution in [3.8, 4) is 11.5 Å². The van der Waals surface area contributed by atoms with E-state index in [2.05, 4.69) is 38.5 Å². The van der Waals surface area contributed by atoms with E-state index in [1.165, 1.54) is 0 Å². The van der Waals surface area contributed by atoms with Gasteiger partial charge in [0.1, 0.15) is 11.5 Å². The fraction of sp³-hybridized carbons (Fsp3) is 0. The lowest BCUT2D eigenvalue weighted by Crippen LogP contribution is -1.90. The summed E-state index contributed by atoms with van der Waals surface area (Å²) in [5.74, 6) is 1.28. The molecule has 0 aromatic heterocycles. The highest BCUT2D eigenvalue weighted by atomic mass is 127. The van der Waals surface area contributed by atoms with Crippen LogP contribution in [0.5, 0.6) is 11.5 Å². The molecule has 0 atom stereocenters. The van der Waals surface area contributed by atoms with Crippen molar-refractivity contribution in [2.24, 2.45) is 0 Å². The second-order valence-corrected chi connectivity index (χ2v) is 5.52. The van der Waals surface area contributed by atoms with Gasteiger partial charge in [-0.3, -0.25) is 4.79 Å². The van der Waals surface area contributed by atoms with E-state index < -0.39 is 0 Å². The monoisotopic (exact) mass is 402 g/mol. The summed E-state index contributed by atoms with van der Waals surface area (Å²) in [5.41, 5.74) is 0.526. The van der Waals surface area contributed by atoms with E-state index in [1.807, 2.05) is 30.3 Å². The van der Waals surface area contributed by atoms with Gasteiger partial charge < -0.3 is 4.74 Å². The van der Waals surface area contributed by atoms with E-state index in [1.54, 1.807) is 12.1 Å². The van der Waals surface area contributed by atoms with Crippen LogP contribution in [0.3, 0.4) is 0 Å². The normalized spacial score (nSPS) is 10.0. The average Bonchev–Trinajstić information content (AvgIpc) is 2.31. The van der Waals surface area contributed by atoms with Crippen LogP contribution in [0.4, 0.5) is 0 Å². The Labute approximate surface area is 121 Å². The van der Waals surface area contributed by atoms with E-state index in [4.69, 9.17) is 4.74 Å². The second-order valence-electron chi connectivity index (χ2n) is 3.36. The highest BCUT2D eigenvalue weighted by Crippen LogP contribution is 2.27. The number of carbonyl (C=O) groups excluding carboxylic acids is 1. The second kappa shape index (κ2) is 5.64. The summed E-state index contributed by atoms with van der Waals surface area (Å²) in [7, 11) is 0. The zero-order valence-corrected chi connectivity index (χ0v) is 12.4. The average molecular weight is 403 g/mol. The third-order valence-electron chi connectivity index (χ3n) is 2.12. The Hall–Kier alpha value is -0.880. The third-order valence-corrected chi connectivity index (χ3v) is 3.29. The minimum Gasteiger partial charge on any atom is -0.457 e. The topological polar surface area (TPSA) is 26.3 Å². The van der Waals surface area contributed by atoms with E-state index in [9.17, 15) is 4.79 Å². The Morgan fingerprint density at radius 3 is 2.71 bits per heavy atom. The molecule has 0 unspecified atom stereocenters. The first-order chi connectivity index (χ1) is 8.19. The predicted octanol–water partition coefficient (Wildman–Crippen LogP) is 4.66. The summed E-state index contributed by atoms with van der Waals surface area (Å²) in [6.45, 7) is 0. The molecule has 0 bridgehead atoms. The van der Waals surface area contributed by atoms with Gasteiger partial charge in [-0.2, -0.15) is 0 Å². The number of benzene rings is 2. The summed E-state index contributed by atoms with van der Waals surface area (Å²) >= 11 is 5.53. The van der Waals surface area contributed by atoms with Gasteiger partial charge in [0, 0.05) is 8.04 Å². The van der Waals surface area contributed by atoms with Gasteiger partial charge in [0.25, 0.3) is 0 Å². The fourth-order valence-electron chi connectivity index (χ4n) is 1.36. The number of hydrogen-bond acceptors (Lipinski definition) is 2. The molecule has 4 heteroatoms. The van der Waals surface area contributed by atoms with Crippen molar-refractivity contribution in [1.82, 2.24) is 0 Å². The maximum absolute atomic E-state index is 10.9. The Kier molecular flexibility index (Phi) is 4.17. The minimum atomic E-state index is 0.526. The molecule has 2 aromatic carbocycles. The molecule has 2 nitrogen and oxygen atoms in total. The minimum absolute atomic E-state index is 0.526. The number of ether oxygens (including phenoxy) is 1. The molecule has 0 saturated carbocycles. The van der Waals surface area contributed by atoms with Crippen molar-refractivity contribution < 1.29 is 9.53 Å². The van der Waals surface area contributed by atoms with Crippen LogP contribution in [0.25, 0.3) is 0 Å². The van der Waals surface area contributed by atoms with Gasteiger partial charge in [0.2, 0.25) is 0 Å². The maximum atomic E-state index is 10.9. The first-order valence-electron chi connectivity index (χ1n) is 4.87. The number of aldehydes is 1. The van der Waals surface area contributed by atoms with Crippen LogP contribution in [0.1, 0.15) is 10.4 Å². The number of carbonyl (C=O) groups is 1. The molecule has 0 spiro atoms. The van der Waals surface area contributed by atoms with Crippen LogP contribution in [-0.4, -0.2) is 6.29 Å². The van der Waals surface area contributed by atoms with Crippen LogP contribution in [0.15, 0.2) is 46.9 Å². The van der Waals surface area contributed by atoms with Crippen molar-refractivity contribution in [2.75, 3.05) is 0 Å². The van der Waals surface area contributed by atoms with Crippen molar-refractivity contribution in [3.05, 3.63) is 56.1 Å². The summed E-state index contributed by atoms with van der Waals surface area (Å²) in [4.78, 5) is 10.9. The lowest BCUT2D eigenvalue weighted by Gasteiger charge is -2.08. The Morgan fingerprint density at radius 1 is 1.18 bits per heavy atom. The van der Waals surface area contributed by atoms with Gasteiger partial charge in [0.05, 0.1) is 5.56 Å². The molecule has 0 N–H and O–H groups in total. The molecule has 0 radical (unpaired) electrons. The zero-order valence-electron chi connectivity index (χ0n) is 8.69. The van der Waals surface area contributed by atoms with Gasteiger partial charge >= 0.3 is 0 Å². The molecular formula is C13H8BrIO2. The zero-order chi connectivity index (χ0) is 12.3. The standard InChI is InChI=1S/C13H8BrIO2/c14-10-4-5-13(9(6-10)8-16)17-12-3-1-2-11(15)7-12/h1-8H. The number of halogens is 2. The largest absolute Gasteiger partial charge is 0.457 e. The number of hydrogen-bond donors (Lipinski definition) is 0. The van der Waals surface area contributed by atoms with E-state index in [0.717, 1.165) is 20.1 Å². The molecule has 0 aliphatic heterocycles. The Bertz CT molecular complexity index is 555. The van der Waals surface area contributed by atoms with Gasteiger partial charge in [0.15, 0.2) is 6.29 Å². The fourth-order valence-corrected chi connectivity index (χ4v) is 2.26. The van der Waals surface area contributed by atoms with Crippen LogP contribution >= 0.6 is 38.5 Å². The molecule has 2 rings (SSSR count). The first kappa shape index (κ1) is 12.6. The van der Waals surface area contributed by atoms with Crippen molar-refractivity contribution >= 4 is 44.8 Å². The molecule has 0 saturated heterocycles. The molecule has 0 fully saturated rings. The van der Waals surface area contributed by atoms with Gasteiger partial charge in [-0.1, -0.05) is 22.0 Å². The lowest BCUT2D eigenvalue weighted by atomic mass is 10.2. The van der Waals surface area contributed by atoms with E-state index >= 15 is 0 Å². The first-order valence-corrected chi connectivity index (χ1v) is 6.74. The van der Waals surface area contributed by atoms with Crippen molar-refractivity contribution in [1.29, 1.82) is 0 Å². The summed E-state index contributed by atoms with van der Waals surface area (Å²) in [6.07, 6.45) is 0.786. The SMILES string of the molecule is O=Cc1cc(Br)ccc1Oc1cccc(I)c1. The summed E-state index contributed by atoms with van der Waals surface area (Å²) < 4.78 is 7.62. The van der Waals surface area contributed by atoms with E-state index in [0.29, 0.717) is 11.3 Å². The third kappa shape index (κ3) is 3.29. The quantitative estimate of drug-likeness (QED) is 0.551. The summed E-state index contributed by atoms with van der Waals surface area (Å²) in [6, 6.07) is 13.0. The molecule has 0 aliphatic rings. The van der Waals surface area contributed by atoms with Crippen LogP contribution in [0.2, 0.25) is 0 Å². The summed E-state index contributed by atoms with van der Waals surface area (Å²) in [5, 5.41) is 0.